The Morgan fingerprint density at radius 3 is 2.84 bits per heavy atom. The van der Waals surface area contributed by atoms with Gasteiger partial charge in [-0.2, -0.15) is 0 Å². The van der Waals surface area contributed by atoms with Crippen LogP contribution in [0.2, 0.25) is 0 Å². The van der Waals surface area contributed by atoms with Crippen LogP contribution < -0.4 is 5.32 Å². The minimum atomic E-state index is -0.254. The van der Waals surface area contributed by atoms with Crippen molar-refractivity contribution in [1.82, 2.24) is 9.88 Å². The Morgan fingerprint density at radius 1 is 1.37 bits per heavy atom. The highest BCUT2D eigenvalue weighted by Gasteiger charge is 2.16. The molecule has 1 aromatic carbocycles. The van der Waals surface area contributed by atoms with Gasteiger partial charge in [0.15, 0.2) is 0 Å². The van der Waals surface area contributed by atoms with Gasteiger partial charge in [0.2, 0.25) is 5.91 Å². The SMILES string of the molecule is CCN(C)C(=O)C(C)Nc1ccnc2ccccc12. The van der Waals surface area contributed by atoms with E-state index in [1.807, 2.05) is 51.2 Å². The van der Waals surface area contributed by atoms with Gasteiger partial charge >= 0.3 is 0 Å². The first kappa shape index (κ1) is 13.3. The number of anilines is 1. The van der Waals surface area contributed by atoms with Gasteiger partial charge in [-0.1, -0.05) is 18.2 Å². The van der Waals surface area contributed by atoms with E-state index in [4.69, 9.17) is 0 Å². The standard InChI is InChI=1S/C15H19N3O/c1-4-18(3)15(19)11(2)17-14-9-10-16-13-8-6-5-7-12(13)14/h5-11H,4H2,1-3H3,(H,16,17). The van der Waals surface area contributed by atoms with Crippen LogP contribution in [0, 0.1) is 0 Å². The van der Waals surface area contributed by atoms with E-state index in [9.17, 15) is 4.79 Å². The molecule has 0 saturated heterocycles. The van der Waals surface area contributed by atoms with Gasteiger partial charge in [-0.3, -0.25) is 9.78 Å². The van der Waals surface area contributed by atoms with Crippen LogP contribution in [-0.4, -0.2) is 35.4 Å². The molecule has 19 heavy (non-hydrogen) atoms. The average molecular weight is 257 g/mol. The maximum Gasteiger partial charge on any atom is 0.244 e. The molecule has 1 heterocycles. The molecule has 0 aliphatic heterocycles. The lowest BCUT2D eigenvalue weighted by Crippen LogP contribution is -2.38. The van der Waals surface area contributed by atoms with Gasteiger partial charge in [-0.25, -0.2) is 0 Å². The molecule has 4 nitrogen and oxygen atoms in total. The first-order valence-electron chi connectivity index (χ1n) is 6.48. The Morgan fingerprint density at radius 2 is 2.11 bits per heavy atom. The molecule has 0 aliphatic carbocycles. The van der Waals surface area contributed by atoms with E-state index in [2.05, 4.69) is 10.3 Å². The monoisotopic (exact) mass is 257 g/mol. The lowest BCUT2D eigenvalue weighted by molar-refractivity contribution is -0.130. The van der Waals surface area contributed by atoms with Crippen LogP contribution in [0.1, 0.15) is 13.8 Å². The molecule has 1 N–H and O–H groups in total. The Kier molecular flexibility index (Phi) is 4.00. The third-order valence-corrected chi connectivity index (χ3v) is 3.24. The number of aromatic nitrogens is 1. The van der Waals surface area contributed by atoms with Crippen LogP contribution >= 0.6 is 0 Å². The molecule has 1 aromatic heterocycles. The van der Waals surface area contributed by atoms with Crippen molar-refractivity contribution in [3.63, 3.8) is 0 Å². The van der Waals surface area contributed by atoms with E-state index in [-0.39, 0.29) is 11.9 Å². The Bertz CT molecular complexity index is 577. The first-order valence-corrected chi connectivity index (χ1v) is 6.48. The fourth-order valence-corrected chi connectivity index (χ4v) is 2.00. The van der Waals surface area contributed by atoms with E-state index in [1.54, 1.807) is 11.1 Å². The van der Waals surface area contributed by atoms with Crippen molar-refractivity contribution in [2.45, 2.75) is 19.9 Å². The molecular weight excluding hydrogens is 238 g/mol. The predicted molar refractivity (Wildman–Crippen MR) is 78.1 cm³/mol. The number of fused-ring (bicyclic) bond motifs is 1. The summed E-state index contributed by atoms with van der Waals surface area (Å²) in [6.07, 6.45) is 1.76. The van der Waals surface area contributed by atoms with Crippen LogP contribution in [0.25, 0.3) is 10.9 Å². The highest BCUT2D eigenvalue weighted by Crippen LogP contribution is 2.21. The summed E-state index contributed by atoms with van der Waals surface area (Å²) in [7, 11) is 1.81. The van der Waals surface area contributed by atoms with Crippen molar-refractivity contribution < 1.29 is 4.79 Å². The number of rotatable bonds is 4. The van der Waals surface area contributed by atoms with Crippen molar-refractivity contribution in [1.29, 1.82) is 0 Å². The fraction of sp³-hybridized carbons (Fsp3) is 0.333. The summed E-state index contributed by atoms with van der Waals surface area (Å²) in [6, 6.07) is 9.54. The second-order valence-corrected chi connectivity index (χ2v) is 4.59. The maximum absolute atomic E-state index is 12.1. The van der Waals surface area contributed by atoms with Crippen LogP contribution in [0.15, 0.2) is 36.5 Å². The molecule has 0 fully saturated rings. The molecule has 2 aromatic rings. The molecule has 100 valence electrons. The normalized spacial score (nSPS) is 12.2. The lowest BCUT2D eigenvalue weighted by Gasteiger charge is -2.21. The summed E-state index contributed by atoms with van der Waals surface area (Å²) in [5, 5.41) is 4.30. The van der Waals surface area contributed by atoms with Crippen molar-refractivity contribution in [2.24, 2.45) is 0 Å². The number of pyridine rings is 1. The molecule has 0 spiro atoms. The van der Waals surface area contributed by atoms with Gasteiger partial charge in [0.25, 0.3) is 0 Å². The van der Waals surface area contributed by atoms with Gasteiger partial charge in [-0.15, -0.1) is 0 Å². The number of nitrogens with one attached hydrogen (secondary N) is 1. The Hall–Kier alpha value is -2.10. The Labute approximate surface area is 113 Å². The zero-order valence-electron chi connectivity index (χ0n) is 11.6. The van der Waals surface area contributed by atoms with Gasteiger partial charge in [0.05, 0.1) is 5.52 Å². The molecule has 0 bridgehead atoms. The molecule has 1 unspecified atom stereocenters. The Balaban J connectivity index is 2.24. The topological polar surface area (TPSA) is 45.2 Å². The highest BCUT2D eigenvalue weighted by atomic mass is 16.2. The first-order chi connectivity index (χ1) is 9.13. The van der Waals surface area contributed by atoms with Crippen LogP contribution in [-0.2, 0) is 4.79 Å². The summed E-state index contributed by atoms with van der Waals surface area (Å²) >= 11 is 0. The highest BCUT2D eigenvalue weighted by molar-refractivity contribution is 5.93. The van der Waals surface area contributed by atoms with Crippen molar-refractivity contribution in [3.05, 3.63) is 36.5 Å². The van der Waals surface area contributed by atoms with E-state index in [0.29, 0.717) is 6.54 Å². The average Bonchev–Trinajstić information content (AvgIpc) is 2.46. The van der Waals surface area contributed by atoms with Crippen LogP contribution in [0.3, 0.4) is 0 Å². The molecule has 0 aliphatic rings. The second-order valence-electron chi connectivity index (χ2n) is 4.59. The second kappa shape index (κ2) is 5.69. The maximum atomic E-state index is 12.1. The summed E-state index contributed by atoms with van der Waals surface area (Å²) in [5.41, 5.74) is 1.87. The lowest BCUT2D eigenvalue weighted by atomic mass is 10.1. The molecule has 1 amide bonds. The van der Waals surface area contributed by atoms with Crippen molar-refractivity contribution in [2.75, 3.05) is 18.9 Å². The number of benzene rings is 1. The number of carbonyl (C=O) groups is 1. The summed E-state index contributed by atoms with van der Waals surface area (Å²) < 4.78 is 0. The fourth-order valence-electron chi connectivity index (χ4n) is 2.00. The number of hydrogen-bond donors (Lipinski definition) is 1. The summed E-state index contributed by atoms with van der Waals surface area (Å²) in [6.45, 7) is 4.55. The molecule has 0 saturated carbocycles. The third-order valence-electron chi connectivity index (χ3n) is 3.24. The largest absolute Gasteiger partial charge is 0.373 e. The van der Waals surface area contributed by atoms with Gasteiger partial charge in [0.1, 0.15) is 6.04 Å². The molecule has 2 rings (SSSR count). The zero-order chi connectivity index (χ0) is 13.8. The minimum Gasteiger partial charge on any atom is -0.373 e. The number of nitrogens with zero attached hydrogens (tertiary/aromatic N) is 2. The van der Waals surface area contributed by atoms with Gasteiger partial charge < -0.3 is 10.2 Å². The van der Waals surface area contributed by atoms with E-state index < -0.39 is 0 Å². The predicted octanol–water partition coefficient (Wildman–Crippen LogP) is 2.51. The number of likely N-dealkylation sites (N-methyl/N-ethyl adjacent to an activating group) is 1. The zero-order valence-corrected chi connectivity index (χ0v) is 11.6. The summed E-state index contributed by atoms with van der Waals surface area (Å²) in [5.74, 6) is 0.0865. The number of para-hydroxylation sites is 1. The van der Waals surface area contributed by atoms with Crippen molar-refractivity contribution >= 4 is 22.5 Å². The number of carbonyl (C=O) groups excluding carboxylic acids is 1. The smallest absolute Gasteiger partial charge is 0.244 e. The van der Waals surface area contributed by atoms with E-state index in [0.717, 1.165) is 16.6 Å². The van der Waals surface area contributed by atoms with Crippen LogP contribution in [0.4, 0.5) is 5.69 Å². The molecule has 0 radical (unpaired) electrons. The van der Waals surface area contributed by atoms with E-state index >= 15 is 0 Å². The number of hydrogen-bond acceptors (Lipinski definition) is 3. The molecular formula is C15H19N3O. The molecule has 4 heteroatoms. The summed E-state index contributed by atoms with van der Waals surface area (Å²) in [4.78, 5) is 18.1. The van der Waals surface area contributed by atoms with Gasteiger partial charge in [-0.05, 0) is 26.0 Å². The molecule has 1 atom stereocenters. The third kappa shape index (κ3) is 2.84. The van der Waals surface area contributed by atoms with Crippen LogP contribution in [0.5, 0.6) is 0 Å². The number of amides is 1. The van der Waals surface area contributed by atoms with Gasteiger partial charge in [0, 0.05) is 30.9 Å². The van der Waals surface area contributed by atoms with Crippen molar-refractivity contribution in [3.8, 4) is 0 Å². The quantitative estimate of drug-likeness (QED) is 0.915. The minimum absolute atomic E-state index is 0.0865. The van der Waals surface area contributed by atoms with E-state index in [1.165, 1.54) is 0 Å².